The summed E-state index contributed by atoms with van der Waals surface area (Å²) in [6.45, 7) is 4.68. The van der Waals surface area contributed by atoms with Crippen molar-refractivity contribution in [2.75, 3.05) is 26.7 Å². The van der Waals surface area contributed by atoms with Crippen molar-refractivity contribution in [3.05, 3.63) is 29.8 Å². The summed E-state index contributed by atoms with van der Waals surface area (Å²) in [5, 5.41) is 3.23. The van der Waals surface area contributed by atoms with E-state index in [1.807, 2.05) is 38.2 Å². The molecule has 4 nitrogen and oxygen atoms in total. The van der Waals surface area contributed by atoms with Gasteiger partial charge in [0.05, 0.1) is 13.2 Å². The van der Waals surface area contributed by atoms with E-state index in [-0.39, 0.29) is 5.91 Å². The van der Waals surface area contributed by atoms with Crippen molar-refractivity contribution in [2.24, 2.45) is 5.92 Å². The Morgan fingerprint density at radius 2 is 2.05 bits per heavy atom. The second-order valence-electron chi connectivity index (χ2n) is 5.40. The number of nitrogens with zero attached hydrogens (tertiary/aromatic N) is 1. The molecule has 1 aliphatic rings. The van der Waals surface area contributed by atoms with Gasteiger partial charge in [-0.25, -0.2) is 0 Å². The molecule has 0 atom stereocenters. The summed E-state index contributed by atoms with van der Waals surface area (Å²) in [7, 11) is 1.84. The van der Waals surface area contributed by atoms with Crippen LogP contribution in [0.25, 0.3) is 0 Å². The summed E-state index contributed by atoms with van der Waals surface area (Å²) in [6, 6.07) is 7.91. The first-order valence-corrected chi connectivity index (χ1v) is 7.35. The van der Waals surface area contributed by atoms with E-state index in [4.69, 9.17) is 4.74 Å². The minimum absolute atomic E-state index is 0.138. The van der Waals surface area contributed by atoms with Crippen molar-refractivity contribution in [3.63, 3.8) is 0 Å². The predicted molar refractivity (Wildman–Crippen MR) is 79.7 cm³/mol. The molecule has 2 rings (SSSR count). The molecule has 0 aliphatic heterocycles. The van der Waals surface area contributed by atoms with Crippen molar-refractivity contribution < 1.29 is 9.53 Å². The Balaban J connectivity index is 1.73. The van der Waals surface area contributed by atoms with Crippen LogP contribution in [0.5, 0.6) is 5.75 Å². The van der Waals surface area contributed by atoms with Crippen LogP contribution >= 0.6 is 0 Å². The number of carbonyl (C=O) groups excluding carboxylic acids is 1. The predicted octanol–water partition coefficient (Wildman–Crippen LogP) is 2.04. The Kier molecular flexibility index (Phi) is 5.41. The molecule has 110 valence electrons. The van der Waals surface area contributed by atoms with E-state index in [2.05, 4.69) is 5.32 Å². The van der Waals surface area contributed by atoms with Crippen molar-refractivity contribution in [1.29, 1.82) is 0 Å². The lowest BCUT2D eigenvalue weighted by atomic mass is 10.2. The van der Waals surface area contributed by atoms with Gasteiger partial charge in [-0.2, -0.15) is 0 Å². The molecular weight excluding hydrogens is 252 g/mol. The van der Waals surface area contributed by atoms with E-state index in [0.717, 1.165) is 23.8 Å². The normalized spacial score (nSPS) is 14.1. The Morgan fingerprint density at radius 1 is 1.35 bits per heavy atom. The molecule has 0 spiro atoms. The Labute approximate surface area is 121 Å². The van der Waals surface area contributed by atoms with Crippen LogP contribution in [-0.2, 0) is 11.3 Å². The van der Waals surface area contributed by atoms with Crippen LogP contribution in [0.4, 0.5) is 0 Å². The van der Waals surface area contributed by atoms with Crippen molar-refractivity contribution in [1.82, 2.24) is 10.2 Å². The van der Waals surface area contributed by atoms with Crippen molar-refractivity contribution >= 4 is 5.91 Å². The maximum Gasteiger partial charge on any atom is 0.236 e. The van der Waals surface area contributed by atoms with Gasteiger partial charge in [0.25, 0.3) is 0 Å². The van der Waals surface area contributed by atoms with Crippen LogP contribution < -0.4 is 10.1 Å². The van der Waals surface area contributed by atoms with Crippen molar-refractivity contribution in [3.8, 4) is 5.75 Å². The molecule has 20 heavy (non-hydrogen) atoms. The highest BCUT2D eigenvalue weighted by atomic mass is 16.5. The number of hydrogen-bond acceptors (Lipinski definition) is 3. The zero-order valence-corrected chi connectivity index (χ0v) is 12.4. The van der Waals surface area contributed by atoms with E-state index < -0.39 is 0 Å². The van der Waals surface area contributed by atoms with Crippen molar-refractivity contribution in [2.45, 2.75) is 26.3 Å². The summed E-state index contributed by atoms with van der Waals surface area (Å²) in [4.78, 5) is 13.7. The van der Waals surface area contributed by atoms with Crippen LogP contribution in [0, 0.1) is 5.92 Å². The molecule has 0 bridgehead atoms. The highest BCUT2D eigenvalue weighted by molar-refractivity contribution is 5.77. The number of nitrogens with one attached hydrogen (secondary N) is 1. The number of likely N-dealkylation sites (N-methyl/N-ethyl adjacent to an activating group) is 1. The fraction of sp³-hybridized carbons (Fsp3) is 0.562. The zero-order valence-electron chi connectivity index (χ0n) is 12.4. The average Bonchev–Trinajstić information content (AvgIpc) is 3.25. The van der Waals surface area contributed by atoms with Gasteiger partial charge in [0.2, 0.25) is 5.91 Å². The van der Waals surface area contributed by atoms with E-state index in [1.165, 1.54) is 12.8 Å². The van der Waals surface area contributed by atoms with Gasteiger partial charge in [0, 0.05) is 13.6 Å². The minimum Gasteiger partial charge on any atom is -0.494 e. The van der Waals surface area contributed by atoms with E-state index in [0.29, 0.717) is 19.7 Å². The van der Waals surface area contributed by atoms with Crippen LogP contribution in [0.3, 0.4) is 0 Å². The van der Waals surface area contributed by atoms with E-state index >= 15 is 0 Å². The standard InChI is InChI=1S/C16H24N2O2/c1-3-20-15-8-6-14(7-9-15)12-18(2)16(19)11-17-10-13-4-5-13/h6-9,13,17H,3-5,10-12H2,1-2H3. The zero-order chi connectivity index (χ0) is 14.4. The second-order valence-corrected chi connectivity index (χ2v) is 5.40. The molecule has 4 heteroatoms. The van der Waals surface area contributed by atoms with Crippen LogP contribution in [0.1, 0.15) is 25.3 Å². The molecule has 1 N–H and O–H groups in total. The van der Waals surface area contributed by atoms with Gasteiger partial charge in [0.1, 0.15) is 5.75 Å². The lowest BCUT2D eigenvalue weighted by Gasteiger charge is -2.18. The Bertz CT molecular complexity index is 427. The van der Waals surface area contributed by atoms with Gasteiger partial charge in [-0.15, -0.1) is 0 Å². The monoisotopic (exact) mass is 276 g/mol. The first-order chi connectivity index (χ1) is 9.69. The number of carbonyl (C=O) groups is 1. The summed E-state index contributed by atoms with van der Waals surface area (Å²) in [6.07, 6.45) is 2.62. The largest absolute Gasteiger partial charge is 0.494 e. The molecule has 0 unspecified atom stereocenters. The molecule has 1 saturated carbocycles. The lowest BCUT2D eigenvalue weighted by Crippen LogP contribution is -2.35. The molecule has 0 heterocycles. The second kappa shape index (κ2) is 7.29. The molecule has 1 aromatic carbocycles. The molecular formula is C16H24N2O2. The van der Waals surface area contributed by atoms with E-state index in [1.54, 1.807) is 4.90 Å². The molecule has 1 amide bonds. The lowest BCUT2D eigenvalue weighted by molar-refractivity contribution is -0.129. The summed E-state index contributed by atoms with van der Waals surface area (Å²) < 4.78 is 5.40. The first kappa shape index (κ1) is 14.9. The van der Waals surface area contributed by atoms with Gasteiger partial charge >= 0.3 is 0 Å². The Morgan fingerprint density at radius 3 is 2.65 bits per heavy atom. The number of rotatable bonds is 8. The number of hydrogen-bond donors (Lipinski definition) is 1. The molecule has 0 saturated heterocycles. The first-order valence-electron chi connectivity index (χ1n) is 7.35. The fourth-order valence-corrected chi connectivity index (χ4v) is 2.06. The molecule has 0 aromatic heterocycles. The number of benzene rings is 1. The SMILES string of the molecule is CCOc1ccc(CN(C)C(=O)CNCC2CC2)cc1. The maximum absolute atomic E-state index is 12.0. The molecule has 0 radical (unpaired) electrons. The Hall–Kier alpha value is -1.55. The van der Waals surface area contributed by atoms with Crippen LogP contribution in [-0.4, -0.2) is 37.6 Å². The highest BCUT2D eigenvalue weighted by Gasteiger charge is 2.21. The summed E-state index contributed by atoms with van der Waals surface area (Å²) in [5.41, 5.74) is 1.12. The summed E-state index contributed by atoms with van der Waals surface area (Å²) >= 11 is 0. The topological polar surface area (TPSA) is 41.6 Å². The molecule has 1 fully saturated rings. The van der Waals surface area contributed by atoms with Gasteiger partial charge < -0.3 is 15.0 Å². The third-order valence-electron chi connectivity index (χ3n) is 3.49. The molecule has 1 aromatic rings. The third kappa shape index (κ3) is 4.85. The fourth-order valence-electron chi connectivity index (χ4n) is 2.06. The average molecular weight is 276 g/mol. The quantitative estimate of drug-likeness (QED) is 0.790. The van der Waals surface area contributed by atoms with Gasteiger partial charge in [-0.1, -0.05) is 12.1 Å². The van der Waals surface area contributed by atoms with Gasteiger partial charge in [0.15, 0.2) is 0 Å². The van der Waals surface area contributed by atoms with E-state index in [9.17, 15) is 4.79 Å². The number of ether oxygens (including phenoxy) is 1. The maximum atomic E-state index is 12.0. The smallest absolute Gasteiger partial charge is 0.236 e. The van der Waals surface area contributed by atoms with Gasteiger partial charge in [-0.3, -0.25) is 4.79 Å². The van der Waals surface area contributed by atoms with Crippen LogP contribution in [0.2, 0.25) is 0 Å². The molecule has 1 aliphatic carbocycles. The summed E-state index contributed by atoms with van der Waals surface area (Å²) in [5.74, 6) is 1.81. The highest BCUT2D eigenvalue weighted by Crippen LogP contribution is 2.27. The van der Waals surface area contributed by atoms with Crippen LogP contribution in [0.15, 0.2) is 24.3 Å². The number of amides is 1. The third-order valence-corrected chi connectivity index (χ3v) is 3.49. The minimum atomic E-state index is 0.138. The van der Waals surface area contributed by atoms with Gasteiger partial charge in [-0.05, 0) is 49.9 Å².